The SMILES string of the molecule is Cc1c(-c2ccc(-c3ccc4oc5ccccc5c4c3)c3ccccc23)ccc2ccccc12. The summed E-state index contributed by atoms with van der Waals surface area (Å²) >= 11 is 0. The van der Waals surface area contributed by atoms with Gasteiger partial charge in [-0.15, -0.1) is 0 Å². The quantitative estimate of drug-likeness (QED) is 0.264. The maximum atomic E-state index is 6.06. The van der Waals surface area contributed by atoms with E-state index in [4.69, 9.17) is 4.42 Å². The number of aryl methyl sites for hydroxylation is 1. The Hall–Kier alpha value is -4.36. The van der Waals surface area contributed by atoms with Crippen molar-refractivity contribution >= 4 is 43.5 Å². The van der Waals surface area contributed by atoms with Crippen LogP contribution in [0.15, 0.2) is 120 Å². The number of para-hydroxylation sites is 1. The lowest BCUT2D eigenvalue weighted by Crippen LogP contribution is -1.89. The van der Waals surface area contributed by atoms with E-state index in [1.807, 2.05) is 12.1 Å². The molecule has 7 aromatic rings. The Labute approximate surface area is 197 Å². The third-order valence-electron chi connectivity index (χ3n) is 7.10. The van der Waals surface area contributed by atoms with Crippen molar-refractivity contribution in [2.24, 2.45) is 0 Å². The Kier molecular flexibility index (Phi) is 4.13. The Morgan fingerprint density at radius 1 is 0.441 bits per heavy atom. The first-order chi connectivity index (χ1) is 16.8. The smallest absolute Gasteiger partial charge is 0.135 e. The summed E-state index contributed by atoms with van der Waals surface area (Å²) in [6.45, 7) is 2.23. The van der Waals surface area contributed by atoms with Crippen LogP contribution in [-0.4, -0.2) is 0 Å². The summed E-state index contributed by atoms with van der Waals surface area (Å²) in [6, 6.07) is 41.2. The molecule has 0 aliphatic carbocycles. The van der Waals surface area contributed by atoms with Gasteiger partial charge >= 0.3 is 0 Å². The molecule has 0 unspecified atom stereocenters. The molecule has 160 valence electrons. The fourth-order valence-electron chi connectivity index (χ4n) is 5.40. The van der Waals surface area contributed by atoms with Crippen LogP contribution in [-0.2, 0) is 0 Å². The average molecular weight is 435 g/mol. The molecule has 0 aliphatic heterocycles. The molecule has 0 saturated heterocycles. The van der Waals surface area contributed by atoms with Gasteiger partial charge in [0.15, 0.2) is 0 Å². The van der Waals surface area contributed by atoms with Crippen molar-refractivity contribution in [1.82, 2.24) is 0 Å². The summed E-state index contributed by atoms with van der Waals surface area (Å²) in [5, 5.41) is 7.45. The Balaban J connectivity index is 1.47. The lowest BCUT2D eigenvalue weighted by Gasteiger charge is -2.15. The largest absolute Gasteiger partial charge is 0.456 e. The van der Waals surface area contributed by atoms with Crippen LogP contribution in [0.25, 0.3) is 65.7 Å². The van der Waals surface area contributed by atoms with Crippen LogP contribution in [0.5, 0.6) is 0 Å². The molecule has 0 atom stereocenters. The van der Waals surface area contributed by atoms with Crippen LogP contribution in [0.2, 0.25) is 0 Å². The number of hydrogen-bond acceptors (Lipinski definition) is 1. The van der Waals surface area contributed by atoms with Crippen LogP contribution in [0, 0.1) is 6.92 Å². The van der Waals surface area contributed by atoms with Crippen LogP contribution in [0.1, 0.15) is 5.56 Å². The molecule has 0 fully saturated rings. The molecule has 0 aliphatic rings. The molecular formula is C33H22O. The van der Waals surface area contributed by atoms with Gasteiger partial charge in [0.05, 0.1) is 0 Å². The number of furan rings is 1. The summed E-state index contributed by atoms with van der Waals surface area (Å²) < 4.78 is 6.06. The van der Waals surface area contributed by atoms with E-state index in [2.05, 4.69) is 110 Å². The van der Waals surface area contributed by atoms with Crippen molar-refractivity contribution in [3.05, 3.63) is 121 Å². The zero-order valence-corrected chi connectivity index (χ0v) is 18.9. The minimum absolute atomic E-state index is 0.928. The minimum atomic E-state index is 0.928. The second kappa shape index (κ2) is 7.33. The first-order valence-corrected chi connectivity index (χ1v) is 11.7. The van der Waals surface area contributed by atoms with E-state index in [1.54, 1.807) is 0 Å². The summed E-state index contributed by atoms with van der Waals surface area (Å²) in [5.41, 5.74) is 8.19. The molecule has 0 N–H and O–H groups in total. The van der Waals surface area contributed by atoms with Crippen LogP contribution >= 0.6 is 0 Å². The first kappa shape index (κ1) is 19.1. The maximum Gasteiger partial charge on any atom is 0.135 e. The zero-order chi connectivity index (χ0) is 22.6. The molecule has 0 radical (unpaired) electrons. The van der Waals surface area contributed by atoms with Gasteiger partial charge < -0.3 is 4.42 Å². The summed E-state index contributed by atoms with van der Waals surface area (Å²) in [6.07, 6.45) is 0. The molecular weight excluding hydrogens is 412 g/mol. The van der Waals surface area contributed by atoms with Gasteiger partial charge in [-0.05, 0) is 74.5 Å². The van der Waals surface area contributed by atoms with Crippen molar-refractivity contribution in [3.8, 4) is 22.3 Å². The fourth-order valence-corrected chi connectivity index (χ4v) is 5.40. The van der Waals surface area contributed by atoms with E-state index in [0.29, 0.717) is 0 Å². The van der Waals surface area contributed by atoms with E-state index in [9.17, 15) is 0 Å². The van der Waals surface area contributed by atoms with Gasteiger partial charge in [0.25, 0.3) is 0 Å². The fraction of sp³-hybridized carbons (Fsp3) is 0.0303. The second-order valence-corrected chi connectivity index (χ2v) is 8.97. The van der Waals surface area contributed by atoms with Gasteiger partial charge in [-0.25, -0.2) is 0 Å². The Morgan fingerprint density at radius 3 is 1.91 bits per heavy atom. The highest BCUT2D eigenvalue weighted by atomic mass is 16.3. The predicted molar refractivity (Wildman–Crippen MR) is 144 cm³/mol. The van der Waals surface area contributed by atoms with E-state index in [0.717, 1.165) is 21.9 Å². The number of benzene rings is 6. The van der Waals surface area contributed by atoms with Crippen molar-refractivity contribution in [1.29, 1.82) is 0 Å². The van der Waals surface area contributed by atoms with E-state index >= 15 is 0 Å². The molecule has 1 aromatic heterocycles. The Morgan fingerprint density at radius 2 is 1.06 bits per heavy atom. The molecule has 0 spiro atoms. The normalized spacial score (nSPS) is 11.7. The molecule has 1 nitrogen and oxygen atoms in total. The third kappa shape index (κ3) is 2.80. The van der Waals surface area contributed by atoms with Gasteiger partial charge in [-0.1, -0.05) is 97.1 Å². The van der Waals surface area contributed by atoms with Gasteiger partial charge in [0, 0.05) is 10.8 Å². The summed E-state index contributed by atoms with van der Waals surface area (Å²) in [4.78, 5) is 0. The molecule has 1 heterocycles. The predicted octanol–water partition coefficient (Wildman–Crippen LogP) is 9.53. The molecule has 0 amide bonds. The highest BCUT2D eigenvalue weighted by Crippen LogP contribution is 2.40. The molecule has 34 heavy (non-hydrogen) atoms. The Bertz CT molecular complexity index is 1870. The van der Waals surface area contributed by atoms with E-state index < -0.39 is 0 Å². The van der Waals surface area contributed by atoms with Gasteiger partial charge in [-0.3, -0.25) is 0 Å². The molecule has 6 aromatic carbocycles. The highest BCUT2D eigenvalue weighted by Gasteiger charge is 2.14. The molecule has 0 saturated carbocycles. The topological polar surface area (TPSA) is 13.1 Å². The zero-order valence-electron chi connectivity index (χ0n) is 18.9. The summed E-state index contributed by atoms with van der Waals surface area (Å²) in [5.74, 6) is 0. The maximum absolute atomic E-state index is 6.06. The van der Waals surface area contributed by atoms with E-state index in [1.165, 1.54) is 49.4 Å². The number of fused-ring (bicyclic) bond motifs is 5. The standard InChI is InChI=1S/C33H22O/c1-21-24-9-3-2-8-22(24)14-16-25(21)29-18-17-26(27-10-4-5-11-28(27)29)23-15-19-33-31(20-23)30-12-6-7-13-32(30)34-33/h2-20H,1H3. The van der Waals surface area contributed by atoms with E-state index in [-0.39, 0.29) is 0 Å². The average Bonchev–Trinajstić information content (AvgIpc) is 3.27. The summed E-state index contributed by atoms with van der Waals surface area (Å²) in [7, 11) is 0. The van der Waals surface area contributed by atoms with Crippen molar-refractivity contribution < 1.29 is 4.42 Å². The third-order valence-corrected chi connectivity index (χ3v) is 7.10. The minimum Gasteiger partial charge on any atom is -0.456 e. The first-order valence-electron chi connectivity index (χ1n) is 11.7. The van der Waals surface area contributed by atoms with Gasteiger partial charge in [-0.2, -0.15) is 0 Å². The van der Waals surface area contributed by atoms with Gasteiger partial charge in [0.1, 0.15) is 11.2 Å². The molecule has 0 bridgehead atoms. The lowest BCUT2D eigenvalue weighted by molar-refractivity contribution is 0.669. The van der Waals surface area contributed by atoms with Crippen LogP contribution in [0.3, 0.4) is 0 Å². The molecule has 1 heteroatoms. The van der Waals surface area contributed by atoms with Crippen molar-refractivity contribution in [3.63, 3.8) is 0 Å². The lowest BCUT2D eigenvalue weighted by atomic mass is 9.89. The highest BCUT2D eigenvalue weighted by molar-refractivity contribution is 6.10. The van der Waals surface area contributed by atoms with Crippen LogP contribution in [0.4, 0.5) is 0 Å². The number of hydrogen-bond donors (Lipinski definition) is 0. The monoisotopic (exact) mass is 434 g/mol. The van der Waals surface area contributed by atoms with Crippen molar-refractivity contribution in [2.75, 3.05) is 0 Å². The second-order valence-electron chi connectivity index (χ2n) is 8.97. The van der Waals surface area contributed by atoms with Crippen LogP contribution < -0.4 is 0 Å². The van der Waals surface area contributed by atoms with Crippen molar-refractivity contribution in [2.45, 2.75) is 6.92 Å². The molecule has 7 rings (SSSR count). The number of rotatable bonds is 2. The van der Waals surface area contributed by atoms with Gasteiger partial charge in [0.2, 0.25) is 0 Å².